The van der Waals surface area contributed by atoms with Crippen LogP contribution in [-0.2, 0) is 15.6 Å². The van der Waals surface area contributed by atoms with Gasteiger partial charge in [-0.25, -0.2) is 13.4 Å². The zero-order valence-corrected chi connectivity index (χ0v) is 19.9. The van der Waals surface area contributed by atoms with Gasteiger partial charge in [-0.15, -0.1) is 0 Å². The highest BCUT2D eigenvalue weighted by Gasteiger charge is 2.18. The maximum Gasteiger partial charge on any atom is 0.256 e. The van der Waals surface area contributed by atoms with Crippen molar-refractivity contribution in [2.24, 2.45) is 0 Å². The molecule has 0 bridgehead atoms. The number of nitrogens with one attached hydrogen (secondary N) is 1. The molecule has 0 atom stereocenters. The molecule has 3 aromatic carbocycles. The molecule has 0 spiro atoms. The lowest BCUT2D eigenvalue weighted by Crippen LogP contribution is -2.14. The minimum atomic E-state index is -3.48. The van der Waals surface area contributed by atoms with Crippen molar-refractivity contribution in [1.29, 1.82) is 0 Å². The number of nitrogens with zero attached hydrogens (tertiary/aromatic N) is 2. The first-order valence-electron chi connectivity index (χ1n) is 11.1. The van der Waals surface area contributed by atoms with Crippen molar-refractivity contribution in [3.63, 3.8) is 0 Å². The number of benzene rings is 3. The summed E-state index contributed by atoms with van der Waals surface area (Å²) in [6, 6.07) is 28.7. The molecule has 0 unspecified atom stereocenters. The standard InChI is InChI=1S/C28H23N3O3S/c1-20-10-16-24(17-11-20)35(33,34)19-21-12-14-23(15-13-21)28(32)30-27-26(22-7-3-2-4-8-22)29-25-9-5-6-18-31(25)27/h2-18H,19H2,1H3,(H,30,32). The third-order valence-electron chi connectivity index (χ3n) is 5.76. The number of aryl methyl sites for hydroxylation is 1. The van der Waals surface area contributed by atoms with Gasteiger partial charge in [0.05, 0.1) is 10.6 Å². The van der Waals surface area contributed by atoms with Gasteiger partial charge in [-0.3, -0.25) is 9.20 Å². The van der Waals surface area contributed by atoms with E-state index in [9.17, 15) is 13.2 Å². The molecule has 2 aromatic heterocycles. The van der Waals surface area contributed by atoms with Crippen molar-refractivity contribution < 1.29 is 13.2 Å². The number of hydrogen-bond acceptors (Lipinski definition) is 4. The minimum Gasteiger partial charge on any atom is -0.306 e. The number of aromatic nitrogens is 2. The van der Waals surface area contributed by atoms with Crippen LogP contribution >= 0.6 is 0 Å². The number of pyridine rings is 1. The van der Waals surface area contributed by atoms with E-state index in [0.29, 0.717) is 22.6 Å². The van der Waals surface area contributed by atoms with Crippen LogP contribution in [0.4, 0.5) is 5.82 Å². The van der Waals surface area contributed by atoms with Crippen LogP contribution in [0.25, 0.3) is 16.9 Å². The molecule has 6 nitrogen and oxygen atoms in total. The summed E-state index contributed by atoms with van der Waals surface area (Å²) in [4.78, 5) is 18.1. The lowest BCUT2D eigenvalue weighted by Gasteiger charge is -2.09. The van der Waals surface area contributed by atoms with Crippen LogP contribution in [0.15, 0.2) is 108 Å². The summed E-state index contributed by atoms with van der Waals surface area (Å²) in [6.07, 6.45) is 1.85. The van der Waals surface area contributed by atoms with Crippen LogP contribution in [-0.4, -0.2) is 23.7 Å². The Labute approximate surface area is 203 Å². The molecule has 0 aliphatic carbocycles. The van der Waals surface area contributed by atoms with E-state index >= 15 is 0 Å². The fourth-order valence-corrected chi connectivity index (χ4v) is 5.24. The molecule has 0 aliphatic rings. The van der Waals surface area contributed by atoms with Crippen molar-refractivity contribution >= 4 is 27.2 Å². The Morgan fingerprint density at radius 3 is 2.26 bits per heavy atom. The van der Waals surface area contributed by atoms with Gasteiger partial charge in [0.25, 0.3) is 5.91 Å². The molecule has 5 rings (SSSR count). The number of carbonyl (C=O) groups is 1. The van der Waals surface area contributed by atoms with Crippen molar-refractivity contribution in [3.8, 4) is 11.3 Å². The average Bonchev–Trinajstić information content (AvgIpc) is 3.23. The molecular weight excluding hydrogens is 458 g/mol. The Morgan fingerprint density at radius 2 is 1.54 bits per heavy atom. The summed E-state index contributed by atoms with van der Waals surface area (Å²) in [5.74, 6) is 0.132. The molecule has 174 valence electrons. The van der Waals surface area contributed by atoms with E-state index in [1.807, 2.05) is 66.1 Å². The molecule has 0 saturated carbocycles. The maximum atomic E-state index is 13.1. The number of carbonyl (C=O) groups excluding carboxylic acids is 1. The van der Waals surface area contributed by atoms with Gasteiger partial charge in [-0.1, -0.05) is 66.2 Å². The largest absolute Gasteiger partial charge is 0.306 e. The Balaban J connectivity index is 1.39. The predicted molar refractivity (Wildman–Crippen MR) is 137 cm³/mol. The van der Waals surface area contributed by atoms with E-state index in [0.717, 1.165) is 16.8 Å². The lowest BCUT2D eigenvalue weighted by atomic mass is 10.1. The summed E-state index contributed by atoms with van der Waals surface area (Å²) >= 11 is 0. The summed E-state index contributed by atoms with van der Waals surface area (Å²) < 4.78 is 27.3. The fraction of sp³-hybridized carbons (Fsp3) is 0.0714. The van der Waals surface area contributed by atoms with Crippen LogP contribution in [0, 0.1) is 6.92 Å². The maximum absolute atomic E-state index is 13.1. The first-order valence-corrected chi connectivity index (χ1v) is 12.8. The first kappa shape index (κ1) is 22.6. The quantitative estimate of drug-likeness (QED) is 0.346. The summed E-state index contributed by atoms with van der Waals surface area (Å²) in [7, 11) is -3.48. The van der Waals surface area contributed by atoms with Crippen molar-refractivity contribution in [1.82, 2.24) is 9.38 Å². The third-order valence-corrected chi connectivity index (χ3v) is 7.47. The smallest absolute Gasteiger partial charge is 0.256 e. The van der Waals surface area contributed by atoms with Gasteiger partial charge in [0.1, 0.15) is 17.2 Å². The summed E-state index contributed by atoms with van der Waals surface area (Å²) in [5.41, 5.74) is 4.32. The van der Waals surface area contributed by atoms with E-state index in [1.165, 1.54) is 0 Å². The summed E-state index contributed by atoms with van der Waals surface area (Å²) in [5, 5.41) is 2.99. The fourth-order valence-electron chi connectivity index (χ4n) is 3.89. The number of fused-ring (bicyclic) bond motifs is 1. The van der Waals surface area contributed by atoms with Crippen LogP contribution < -0.4 is 5.32 Å². The van der Waals surface area contributed by atoms with E-state index in [1.54, 1.807) is 48.5 Å². The highest BCUT2D eigenvalue weighted by Crippen LogP contribution is 2.29. The van der Waals surface area contributed by atoms with E-state index in [-0.39, 0.29) is 16.6 Å². The molecule has 5 aromatic rings. The predicted octanol–water partition coefficient (Wildman–Crippen LogP) is 5.54. The Hall–Kier alpha value is -4.23. The second-order valence-corrected chi connectivity index (χ2v) is 10.3. The lowest BCUT2D eigenvalue weighted by molar-refractivity contribution is 0.102. The van der Waals surface area contributed by atoms with Crippen LogP contribution in [0.5, 0.6) is 0 Å². The molecule has 0 fully saturated rings. The number of amides is 1. The molecule has 2 heterocycles. The molecular formula is C28H23N3O3S. The van der Waals surface area contributed by atoms with Gasteiger partial charge in [-0.05, 0) is 48.9 Å². The number of hydrogen-bond donors (Lipinski definition) is 1. The first-order chi connectivity index (χ1) is 16.9. The number of rotatable bonds is 6. The Morgan fingerprint density at radius 1 is 0.857 bits per heavy atom. The number of imidazole rings is 1. The zero-order chi connectivity index (χ0) is 24.4. The van der Waals surface area contributed by atoms with Crippen molar-refractivity contribution in [2.75, 3.05) is 5.32 Å². The van der Waals surface area contributed by atoms with Crippen molar-refractivity contribution in [2.45, 2.75) is 17.6 Å². The van der Waals surface area contributed by atoms with Crippen LogP contribution in [0.3, 0.4) is 0 Å². The second-order valence-electron chi connectivity index (χ2n) is 8.33. The highest BCUT2D eigenvalue weighted by atomic mass is 32.2. The van der Waals surface area contributed by atoms with E-state index < -0.39 is 9.84 Å². The highest BCUT2D eigenvalue weighted by molar-refractivity contribution is 7.90. The molecule has 0 saturated heterocycles. The molecule has 1 amide bonds. The number of anilines is 1. The molecule has 0 radical (unpaired) electrons. The molecule has 35 heavy (non-hydrogen) atoms. The van der Waals surface area contributed by atoms with Gasteiger partial charge in [-0.2, -0.15) is 0 Å². The average molecular weight is 482 g/mol. The van der Waals surface area contributed by atoms with E-state index in [2.05, 4.69) is 5.32 Å². The molecule has 7 heteroatoms. The van der Waals surface area contributed by atoms with Gasteiger partial charge in [0.15, 0.2) is 9.84 Å². The van der Waals surface area contributed by atoms with Crippen molar-refractivity contribution in [3.05, 3.63) is 120 Å². The third kappa shape index (κ3) is 4.72. The van der Waals surface area contributed by atoms with E-state index in [4.69, 9.17) is 4.98 Å². The SMILES string of the molecule is Cc1ccc(S(=O)(=O)Cc2ccc(C(=O)Nc3c(-c4ccccc4)nc4ccccn34)cc2)cc1. The van der Waals surface area contributed by atoms with Crippen LogP contribution in [0.2, 0.25) is 0 Å². The normalized spacial score (nSPS) is 11.5. The number of sulfone groups is 1. The van der Waals surface area contributed by atoms with Crippen LogP contribution in [0.1, 0.15) is 21.5 Å². The molecule has 1 N–H and O–H groups in total. The topological polar surface area (TPSA) is 80.5 Å². The monoisotopic (exact) mass is 481 g/mol. The zero-order valence-electron chi connectivity index (χ0n) is 19.0. The summed E-state index contributed by atoms with van der Waals surface area (Å²) in [6.45, 7) is 1.91. The van der Waals surface area contributed by atoms with Gasteiger partial charge >= 0.3 is 0 Å². The van der Waals surface area contributed by atoms with Gasteiger partial charge < -0.3 is 5.32 Å². The van der Waals surface area contributed by atoms with Gasteiger partial charge in [0, 0.05) is 17.3 Å². The molecule has 0 aliphatic heterocycles. The van der Waals surface area contributed by atoms with Gasteiger partial charge in [0.2, 0.25) is 0 Å². The Bertz CT molecular complexity index is 1610. The minimum absolute atomic E-state index is 0.136. The Kier molecular flexibility index (Phi) is 5.93. The second kappa shape index (κ2) is 9.19.